The summed E-state index contributed by atoms with van der Waals surface area (Å²) in [6, 6.07) is 8.37. The fraction of sp³-hybridized carbons (Fsp3) is 0.105. The minimum Gasteiger partial charge on any atom is -0.508 e. The maximum absolute atomic E-state index is 13.0. The summed E-state index contributed by atoms with van der Waals surface area (Å²) in [5, 5.41) is 21.9. The highest BCUT2D eigenvalue weighted by molar-refractivity contribution is 8.26. The summed E-state index contributed by atoms with van der Waals surface area (Å²) in [6.07, 6.45) is 1.44. The average molecular weight is 418 g/mol. The van der Waals surface area contributed by atoms with Gasteiger partial charge in [-0.2, -0.15) is 0 Å². The lowest BCUT2D eigenvalue weighted by Crippen LogP contribution is -2.44. The van der Waals surface area contributed by atoms with Crippen LogP contribution in [0.3, 0.4) is 0 Å². The van der Waals surface area contributed by atoms with Gasteiger partial charge in [0, 0.05) is 17.3 Å². The summed E-state index contributed by atoms with van der Waals surface area (Å²) < 4.78 is 13.2. The number of thiocarbonyl (C=S) groups is 1. The van der Waals surface area contributed by atoms with Gasteiger partial charge in [0.15, 0.2) is 0 Å². The van der Waals surface area contributed by atoms with E-state index in [-0.39, 0.29) is 20.7 Å². The zero-order valence-electron chi connectivity index (χ0n) is 14.5. The predicted octanol–water partition coefficient (Wildman–Crippen LogP) is 3.47. The van der Waals surface area contributed by atoms with E-state index in [0.717, 1.165) is 17.8 Å². The highest BCUT2D eigenvalue weighted by Gasteiger charge is 2.38. The van der Waals surface area contributed by atoms with Gasteiger partial charge in [-0.3, -0.25) is 14.5 Å². The number of amides is 2. The molecule has 0 radical (unpaired) electrons. The number of phenolic OH excluding ortho intramolecular Hbond substituents is 2. The Labute approximate surface area is 169 Å². The zero-order chi connectivity index (χ0) is 20.4. The number of hydrogen-bond donors (Lipinski definition) is 3. The third-order valence-electron chi connectivity index (χ3n) is 4.00. The fourth-order valence-corrected chi connectivity index (χ4v) is 3.92. The van der Waals surface area contributed by atoms with E-state index < -0.39 is 23.7 Å². The molecular formula is C19H15FN2O4S2. The summed E-state index contributed by atoms with van der Waals surface area (Å²) in [7, 11) is 0. The average Bonchev–Trinajstić information content (AvgIpc) is 2.92. The van der Waals surface area contributed by atoms with E-state index in [4.69, 9.17) is 12.2 Å². The van der Waals surface area contributed by atoms with Crippen molar-refractivity contribution in [3.8, 4) is 11.5 Å². The van der Waals surface area contributed by atoms with Crippen LogP contribution in [0.1, 0.15) is 12.5 Å². The van der Waals surface area contributed by atoms with Crippen LogP contribution < -0.4 is 5.32 Å². The standard InChI is InChI=1S/C19H15FN2O4S2/c1-10(17(25)21-13-5-3-12(20)4-6-13)22-18(26)16(28-19(22)27)8-11-2-7-14(23)9-15(11)24/h2-10,23-24H,1H3,(H,21,25)/b16-8-. The van der Waals surface area contributed by atoms with Crippen molar-refractivity contribution in [1.29, 1.82) is 0 Å². The van der Waals surface area contributed by atoms with E-state index in [0.29, 0.717) is 11.3 Å². The lowest BCUT2D eigenvalue weighted by Gasteiger charge is -2.22. The molecule has 2 aromatic rings. The lowest BCUT2D eigenvalue weighted by molar-refractivity contribution is -0.129. The number of phenols is 2. The summed E-state index contributed by atoms with van der Waals surface area (Å²) in [4.78, 5) is 26.6. The van der Waals surface area contributed by atoms with Gasteiger partial charge in [0.25, 0.3) is 5.91 Å². The number of carbonyl (C=O) groups excluding carboxylic acids is 2. The fourth-order valence-electron chi connectivity index (χ4n) is 2.51. The van der Waals surface area contributed by atoms with Crippen LogP contribution >= 0.6 is 24.0 Å². The number of rotatable bonds is 4. The first kappa shape index (κ1) is 19.8. The normalized spacial score (nSPS) is 16.5. The molecule has 0 bridgehead atoms. The van der Waals surface area contributed by atoms with Crippen LogP contribution in [0.15, 0.2) is 47.4 Å². The second kappa shape index (κ2) is 7.99. The van der Waals surface area contributed by atoms with Crippen molar-refractivity contribution >= 4 is 51.9 Å². The van der Waals surface area contributed by atoms with Crippen LogP contribution in [0.5, 0.6) is 11.5 Å². The SMILES string of the molecule is CC(C(=O)Nc1ccc(F)cc1)N1C(=O)/C(=C/c2ccc(O)cc2O)SC1=S. The van der Waals surface area contributed by atoms with Crippen LogP contribution in [0.4, 0.5) is 10.1 Å². The number of halogens is 1. The van der Waals surface area contributed by atoms with E-state index in [1.54, 1.807) is 0 Å². The van der Waals surface area contributed by atoms with Gasteiger partial charge in [0.1, 0.15) is 27.7 Å². The van der Waals surface area contributed by atoms with Crippen LogP contribution in [-0.2, 0) is 9.59 Å². The molecule has 1 unspecified atom stereocenters. The van der Waals surface area contributed by atoms with Crippen molar-refractivity contribution in [3.63, 3.8) is 0 Å². The Balaban J connectivity index is 1.77. The van der Waals surface area contributed by atoms with Crippen molar-refractivity contribution in [2.45, 2.75) is 13.0 Å². The maximum Gasteiger partial charge on any atom is 0.266 e. The van der Waals surface area contributed by atoms with Crippen molar-refractivity contribution < 1.29 is 24.2 Å². The number of carbonyl (C=O) groups is 2. The van der Waals surface area contributed by atoms with Gasteiger partial charge >= 0.3 is 0 Å². The molecule has 0 aromatic heterocycles. The number of thioether (sulfide) groups is 1. The number of nitrogens with one attached hydrogen (secondary N) is 1. The molecule has 0 spiro atoms. The van der Waals surface area contributed by atoms with Crippen molar-refractivity contribution in [1.82, 2.24) is 4.90 Å². The monoisotopic (exact) mass is 418 g/mol. The summed E-state index contributed by atoms with van der Waals surface area (Å²) in [5.74, 6) is -1.66. The van der Waals surface area contributed by atoms with E-state index in [1.807, 2.05) is 0 Å². The van der Waals surface area contributed by atoms with Crippen molar-refractivity contribution in [2.24, 2.45) is 0 Å². The highest BCUT2D eigenvalue weighted by Crippen LogP contribution is 2.36. The van der Waals surface area contributed by atoms with Gasteiger partial charge < -0.3 is 15.5 Å². The summed E-state index contributed by atoms with van der Waals surface area (Å²) in [5.41, 5.74) is 0.731. The molecule has 1 saturated heterocycles. The topological polar surface area (TPSA) is 89.9 Å². The molecular weight excluding hydrogens is 403 g/mol. The van der Waals surface area contributed by atoms with E-state index >= 15 is 0 Å². The minimum atomic E-state index is -0.892. The third kappa shape index (κ3) is 4.15. The molecule has 2 amide bonds. The summed E-state index contributed by atoms with van der Waals surface area (Å²) in [6.45, 7) is 1.53. The Morgan fingerprint density at radius 3 is 2.57 bits per heavy atom. The summed E-state index contributed by atoms with van der Waals surface area (Å²) >= 11 is 6.25. The molecule has 1 atom stereocenters. The Morgan fingerprint density at radius 1 is 1.25 bits per heavy atom. The number of anilines is 1. The first-order valence-electron chi connectivity index (χ1n) is 8.12. The van der Waals surface area contributed by atoms with Crippen LogP contribution in [0.2, 0.25) is 0 Å². The van der Waals surface area contributed by atoms with Gasteiger partial charge in [-0.15, -0.1) is 0 Å². The lowest BCUT2D eigenvalue weighted by atomic mass is 10.1. The quantitative estimate of drug-likeness (QED) is 0.520. The minimum absolute atomic E-state index is 0.103. The van der Waals surface area contributed by atoms with Crippen LogP contribution in [0, 0.1) is 5.82 Å². The molecule has 3 N–H and O–H groups in total. The Hall–Kier alpha value is -2.91. The van der Waals surface area contributed by atoms with E-state index in [1.165, 1.54) is 54.3 Å². The number of benzene rings is 2. The van der Waals surface area contributed by atoms with E-state index in [9.17, 15) is 24.2 Å². The molecule has 1 aliphatic rings. The maximum atomic E-state index is 13.0. The second-order valence-electron chi connectivity index (χ2n) is 5.97. The Kier molecular flexibility index (Phi) is 5.66. The van der Waals surface area contributed by atoms with E-state index in [2.05, 4.69) is 5.32 Å². The molecule has 1 heterocycles. The highest BCUT2D eigenvalue weighted by atomic mass is 32.2. The molecule has 6 nitrogen and oxygen atoms in total. The second-order valence-corrected chi connectivity index (χ2v) is 7.64. The van der Waals surface area contributed by atoms with Gasteiger partial charge in [-0.25, -0.2) is 4.39 Å². The van der Waals surface area contributed by atoms with Gasteiger partial charge in [-0.05, 0) is 49.4 Å². The predicted molar refractivity (Wildman–Crippen MR) is 109 cm³/mol. The smallest absolute Gasteiger partial charge is 0.266 e. The molecule has 0 aliphatic carbocycles. The zero-order valence-corrected chi connectivity index (χ0v) is 16.2. The van der Waals surface area contributed by atoms with Gasteiger partial charge in [0.05, 0.1) is 4.91 Å². The molecule has 3 rings (SSSR count). The Morgan fingerprint density at radius 2 is 1.93 bits per heavy atom. The van der Waals surface area contributed by atoms with Crippen molar-refractivity contribution in [2.75, 3.05) is 5.32 Å². The van der Waals surface area contributed by atoms with Crippen LogP contribution in [-0.4, -0.2) is 37.3 Å². The van der Waals surface area contributed by atoms with Gasteiger partial charge in [-0.1, -0.05) is 24.0 Å². The molecule has 28 heavy (non-hydrogen) atoms. The van der Waals surface area contributed by atoms with Crippen molar-refractivity contribution in [3.05, 3.63) is 58.8 Å². The molecule has 144 valence electrons. The largest absolute Gasteiger partial charge is 0.508 e. The molecule has 2 aromatic carbocycles. The number of aromatic hydroxyl groups is 2. The number of nitrogens with zero attached hydrogens (tertiary/aromatic N) is 1. The van der Waals surface area contributed by atoms with Crippen LogP contribution in [0.25, 0.3) is 6.08 Å². The molecule has 1 aliphatic heterocycles. The van der Waals surface area contributed by atoms with Gasteiger partial charge in [0.2, 0.25) is 5.91 Å². The third-order valence-corrected chi connectivity index (χ3v) is 5.33. The Bertz CT molecular complexity index is 992. The first-order valence-corrected chi connectivity index (χ1v) is 9.34. The molecule has 1 fully saturated rings. The molecule has 0 saturated carbocycles. The molecule has 9 heteroatoms. The number of hydrogen-bond acceptors (Lipinski definition) is 6. The first-order chi connectivity index (χ1) is 13.3.